The van der Waals surface area contributed by atoms with Crippen molar-refractivity contribution in [3.8, 4) is 11.1 Å². The number of rotatable bonds is 5. The predicted octanol–water partition coefficient (Wildman–Crippen LogP) is 4.31. The van der Waals surface area contributed by atoms with Gasteiger partial charge in [0, 0.05) is 35.4 Å². The molecule has 2 aromatic heterocycles. The van der Waals surface area contributed by atoms with Gasteiger partial charge in [-0.25, -0.2) is 9.97 Å². The molecule has 7 nitrogen and oxygen atoms in total. The Balaban J connectivity index is 1.62. The zero-order valence-electron chi connectivity index (χ0n) is 17.6. The number of aryl methyl sites for hydroxylation is 1. The molecule has 0 unspecified atom stereocenters. The van der Waals surface area contributed by atoms with Crippen LogP contribution >= 0.6 is 0 Å². The predicted molar refractivity (Wildman–Crippen MR) is 122 cm³/mol. The highest BCUT2D eigenvalue weighted by Gasteiger charge is 2.10. The lowest BCUT2D eigenvalue weighted by Gasteiger charge is -2.12. The first kappa shape index (κ1) is 20.3. The molecule has 31 heavy (non-hydrogen) atoms. The number of benzene rings is 2. The van der Waals surface area contributed by atoms with E-state index in [0.717, 1.165) is 27.6 Å². The molecule has 0 bridgehead atoms. The van der Waals surface area contributed by atoms with Gasteiger partial charge in [0.15, 0.2) is 12.4 Å². The fourth-order valence-corrected chi connectivity index (χ4v) is 3.31. The second-order valence-electron chi connectivity index (χ2n) is 7.70. The number of hydrogen-bond donors (Lipinski definition) is 2. The minimum Gasteiger partial charge on any atom is -0.619 e. The zero-order valence-corrected chi connectivity index (χ0v) is 17.6. The Labute approximate surface area is 180 Å². The molecule has 0 aliphatic carbocycles. The minimum atomic E-state index is -0.271. The third-order valence-corrected chi connectivity index (χ3v) is 4.87. The van der Waals surface area contributed by atoms with Gasteiger partial charge in [0.25, 0.3) is 5.91 Å². The van der Waals surface area contributed by atoms with Gasteiger partial charge < -0.3 is 15.8 Å². The van der Waals surface area contributed by atoms with Gasteiger partial charge in [-0.3, -0.25) is 4.79 Å². The number of nitrogens with zero attached hydrogens (tertiary/aromatic N) is 3. The molecular formula is C24H23N5O2. The number of carbonyl (C=O) groups is 1. The normalized spacial score (nSPS) is 11.0. The highest BCUT2D eigenvalue weighted by molar-refractivity contribution is 6.04. The Bertz CT molecular complexity index is 1250. The molecule has 0 radical (unpaired) electrons. The number of pyridine rings is 1. The van der Waals surface area contributed by atoms with E-state index in [9.17, 15) is 10.0 Å². The summed E-state index contributed by atoms with van der Waals surface area (Å²) in [6.07, 6.45) is 4.42. The number of carbonyl (C=O) groups excluding carboxylic acids is 1. The van der Waals surface area contributed by atoms with E-state index in [1.54, 1.807) is 0 Å². The van der Waals surface area contributed by atoms with Crippen LogP contribution in [-0.4, -0.2) is 21.9 Å². The number of nitrogens with one attached hydrogen (secondary N) is 2. The summed E-state index contributed by atoms with van der Waals surface area (Å²) in [5.74, 6) is 0.340. The van der Waals surface area contributed by atoms with Crippen LogP contribution in [0.25, 0.3) is 22.0 Å². The van der Waals surface area contributed by atoms with Crippen LogP contribution in [0.2, 0.25) is 0 Å². The monoisotopic (exact) mass is 413 g/mol. The molecule has 4 aromatic rings. The molecule has 0 aliphatic heterocycles. The lowest BCUT2D eigenvalue weighted by atomic mass is 9.98. The van der Waals surface area contributed by atoms with Gasteiger partial charge in [0.05, 0.1) is 11.1 Å². The second kappa shape index (κ2) is 8.39. The molecule has 0 fully saturated rings. The molecule has 0 atom stereocenters. The first-order chi connectivity index (χ1) is 14.9. The van der Waals surface area contributed by atoms with Crippen molar-refractivity contribution in [1.29, 1.82) is 0 Å². The number of amides is 1. The van der Waals surface area contributed by atoms with Crippen LogP contribution in [0.5, 0.6) is 0 Å². The van der Waals surface area contributed by atoms with Gasteiger partial charge in [-0.1, -0.05) is 12.1 Å². The summed E-state index contributed by atoms with van der Waals surface area (Å²) in [5.41, 5.74) is 5.07. The summed E-state index contributed by atoms with van der Waals surface area (Å²) in [6, 6.07) is 15.1. The molecule has 2 N–H and O–H groups in total. The molecular weight excluding hydrogens is 390 g/mol. The van der Waals surface area contributed by atoms with E-state index < -0.39 is 0 Å². The van der Waals surface area contributed by atoms with Crippen molar-refractivity contribution in [2.24, 2.45) is 0 Å². The standard InChI is InChI=1S/C24H23N5O2/c1-15(2)26-24-25-14-19-12-18(5-7-22(19)28-24)21-13-20(6-4-16(21)3)27-23(30)17-8-10-29(31)11-9-17/h4-15H,1-3H3,(H,27,30)(H,25,26,28). The largest absolute Gasteiger partial charge is 0.619 e. The Hall–Kier alpha value is -4.00. The summed E-state index contributed by atoms with van der Waals surface area (Å²) in [7, 11) is 0. The minimum absolute atomic E-state index is 0.259. The number of hydrogen-bond acceptors (Lipinski definition) is 5. The van der Waals surface area contributed by atoms with Crippen LogP contribution < -0.4 is 15.4 Å². The SMILES string of the molecule is Cc1ccc(NC(=O)c2cc[n+]([O-])cc2)cc1-c1ccc2nc(NC(C)C)ncc2c1. The molecule has 0 saturated carbocycles. The van der Waals surface area contributed by atoms with E-state index in [0.29, 0.717) is 21.9 Å². The third-order valence-electron chi connectivity index (χ3n) is 4.87. The van der Waals surface area contributed by atoms with E-state index in [-0.39, 0.29) is 11.9 Å². The van der Waals surface area contributed by atoms with Crippen molar-refractivity contribution in [1.82, 2.24) is 9.97 Å². The van der Waals surface area contributed by atoms with Crippen LogP contribution in [0.1, 0.15) is 29.8 Å². The van der Waals surface area contributed by atoms with Crippen molar-refractivity contribution < 1.29 is 9.52 Å². The van der Waals surface area contributed by atoms with E-state index in [2.05, 4.69) is 20.6 Å². The fraction of sp³-hybridized carbons (Fsp3) is 0.167. The Morgan fingerprint density at radius 2 is 1.84 bits per heavy atom. The molecule has 1 amide bonds. The topological polar surface area (TPSA) is 93.9 Å². The lowest BCUT2D eigenvalue weighted by molar-refractivity contribution is -0.605. The first-order valence-corrected chi connectivity index (χ1v) is 10.0. The van der Waals surface area contributed by atoms with Crippen molar-refractivity contribution >= 4 is 28.4 Å². The third kappa shape index (κ3) is 4.61. The quantitative estimate of drug-likeness (QED) is 0.376. The molecule has 7 heteroatoms. The highest BCUT2D eigenvalue weighted by Crippen LogP contribution is 2.29. The highest BCUT2D eigenvalue weighted by atomic mass is 16.5. The van der Waals surface area contributed by atoms with Crippen LogP contribution in [0, 0.1) is 12.1 Å². The maximum Gasteiger partial charge on any atom is 0.256 e. The molecule has 2 heterocycles. The maximum absolute atomic E-state index is 12.5. The Morgan fingerprint density at radius 1 is 1.06 bits per heavy atom. The van der Waals surface area contributed by atoms with Crippen molar-refractivity contribution in [3.05, 3.63) is 83.5 Å². The zero-order chi connectivity index (χ0) is 22.0. The summed E-state index contributed by atoms with van der Waals surface area (Å²) < 4.78 is 0.645. The van der Waals surface area contributed by atoms with Crippen molar-refractivity contribution in [3.63, 3.8) is 0 Å². The van der Waals surface area contributed by atoms with Gasteiger partial charge in [-0.15, -0.1) is 0 Å². The number of anilines is 2. The van der Waals surface area contributed by atoms with Gasteiger partial charge in [0.2, 0.25) is 5.95 Å². The summed E-state index contributed by atoms with van der Waals surface area (Å²) in [6.45, 7) is 6.12. The van der Waals surface area contributed by atoms with Crippen molar-refractivity contribution in [2.45, 2.75) is 26.8 Å². The van der Waals surface area contributed by atoms with Crippen LogP contribution in [0.15, 0.2) is 67.1 Å². The van der Waals surface area contributed by atoms with Gasteiger partial charge >= 0.3 is 0 Å². The molecule has 2 aromatic carbocycles. The maximum atomic E-state index is 12.5. The molecule has 0 spiro atoms. The number of fused-ring (bicyclic) bond motifs is 1. The van der Waals surface area contributed by atoms with Crippen LogP contribution in [0.3, 0.4) is 0 Å². The number of aromatic nitrogens is 3. The first-order valence-electron chi connectivity index (χ1n) is 10.0. The van der Waals surface area contributed by atoms with Crippen LogP contribution in [0.4, 0.5) is 11.6 Å². The van der Waals surface area contributed by atoms with E-state index in [1.807, 2.05) is 63.4 Å². The molecule has 0 saturated heterocycles. The molecule has 156 valence electrons. The molecule has 4 rings (SSSR count). The summed E-state index contributed by atoms with van der Waals surface area (Å²) >= 11 is 0. The summed E-state index contributed by atoms with van der Waals surface area (Å²) in [5, 5.41) is 18.2. The van der Waals surface area contributed by atoms with Gasteiger partial charge in [0.1, 0.15) is 0 Å². The van der Waals surface area contributed by atoms with Crippen LogP contribution in [-0.2, 0) is 0 Å². The molecule has 0 aliphatic rings. The average molecular weight is 413 g/mol. The second-order valence-corrected chi connectivity index (χ2v) is 7.70. The lowest BCUT2D eigenvalue weighted by Crippen LogP contribution is -2.25. The van der Waals surface area contributed by atoms with E-state index >= 15 is 0 Å². The average Bonchev–Trinajstić information content (AvgIpc) is 2.75. The fourth-order valence-electron chi connectivity index (χ4n) is 3.31. The Kier molecular flexibility index (Phi) is 5.49. The van der Waals surface area contributed by atoms with Gasteiger partial charge in [-0.2, -0.15) is 4.73 Å². The smallest absolute Gasteiger partial charge is 0.256 e. The summed E-state index contributed by atoms with van der Waals surface area (Å²) in [4.78, 5) is 21.5. The van der Waals surface area contributed by atoms with Gasteiger partial charge in [-0.05, 0) is 61.7 Å². The van der Waals surface area contributed by atoms with E-state index in [4.69, 9.17) is 0 Å². The van der Waals surface area contributed by atoms with Crippen molar-refractivity contribution in [2.75, 3.05) is 10.6 Å². The van der Waals surface area contributed by atoms with E-state index in [1.165, 1.54) is 24.5 Å². The Morgan fingerprint density at radius 3 is 2.58 bits per heavy atom.